The zero-order valence-electron chi connectivity index (χ0n) is 13.4. The maximum atomic E-state index is 14.3. The molecule has 0 atom stereocenters. The number of para-hydroxylation sites is 1. The number of aromatic nitrogens is 2. The van der Waals surface area contributed by atoms with Gasteiger partial charge in [0.2, 0.25) is 5.43 Å². The third-order valence-corrected chi connectivity index (χ3v) is 3.57. The Labute approximate surface area is 141 Å². The van der Waals surface area contributed by atoms with Crippen LogP contribution >= 0.6 is 0 Å². The number of fused-ring (bicyclic) bond motifs is 1. The van der Waals surface area contributed by atoms with Gasteiger partial charge in [-0.25, -0.2) is 14.2 Å². The molecule has 0 spiro atoms. The van der Waals surface area contributed by atoms with Gasteiger partial charge in [-0.2, -0.15) is 0 Å². The molecule has 0 fully saturated rings. The van der Waals surface area contributed by atoms with Crippen LogP contribution in [0.1, 0.15) is 0 Å². The summed E-state index contributed by atoms with van der Waals surface area (Å²) in [7, 11) is 3.56. The third kappa shape index (κ3) is 3.01. The Kier molecular flexibility index (Phi) is 4.10. The summed E-state index contributed by atoms with van der Waals surface area (Å²) in [6, 6.07) is 9.01. The fraction of sp³-hybridized carbons (Fsp3) is 0.118. The molecular weight excluding hydrogens is 329 g/mol. The second kappa shape index (κ2) is 6.23. The van der Waals surface area contributed by atoms with Crippen molar-refractivity contribution in [3.05, 3.63) is 58.6 Å². The van der Waals surface area contributed by atoms with Crippen LogP contribution in [0.2, 0.25) is 0 Å². The number of hydrogen-bond acceptors (Lipinski definition) is 5. The van der Waals surface area contributed by atoms with Crippen LogP contribution in [0.4, 0.5) is 15.0 Å². The van der Waals surface area contributed by atoms with E-state index in [4.69, 9.17) is 5.11 Å². The smallest absolute Gasteiger partial charge is 0.449 e. The predicted octanol–water partition coefficient (Wildman–Crippen LogP) is 2.65. The van der Waals surface area contributed by atoms with E-state index in [9.17, 15) is 14.0 Å². The molecule has 0 saturated heterocycles. The van der Waals surface area contributed by atoms with Crippen molar-refractivity contribution in [3.8, 4) is 11.4 Å². The largest absolute Gasteiger partial charge is 0.511 e. The summed E-state index contributed by atoms with van der Waals surface area (Å²) in [5, 5.41) is 8.95. The number of rotatable bonds is 3. The Hall–Kier alpha value is -3.42. The summed E-state index contributed by atoms with van der Waals surface area (Å²) < 4.78 is 20.1. The summed E-state index contributed by atoms with van der Waals surface area (Å²) in [6.45, 7) is 0. The first-order valence-electron chi connectivity index (χ1n) is 7.28. The Bertz CT molecular complexity index is 1030. The average Bonchev–Trinajstić information content (AvgIpc) is 2.57. The van der Waals surface area contributed by atoms with Crippen LogP contribution in [0.25, 0.3) is 16.7 Å². The second-order valence-electron chi connectivity index (χ2n) is 5.45. The van der Waals surface area contributed by atoms with Gasteiger partial charge < -0.3 is 14.7 Å². The second-order valence-corrected chi connectivity index (χ2v) is 5.45. The molecule has 2 heterocycles. The lowest BCUT2D eigenvalue weighted by atomic mass is 10.2. The van der Waals surface area contributed by atoms with Gasteiger partial charge in [0.25, 0.3) is 0 Å². The lowest BCUT2D eigenvalue weighted by Crippen LogP contribution is -2.18. The van der Waals surface area contributed by atoms with E-state index in [-0.39, 0.29) is 16.7 Å². The monoisotopic (exact) mass is 343 g/mol. The Morgan fingerprint density at radius 3 is 2.60 bits per heavy atom. The standard InChI is InChI=1S/C17H14FN3O4/c1-20(2)14-8-7-10-15(22)13(25-17(23)24)9-21(16(10)19-14)12-6-4-3-5-11(12)18/h3-9H,1-2H3,(H,23,24). The molecule has 0 saturated carbocycles. The minimum Gasteiger partial charge on any atom is -0.449 e. The Morgan fingerprint density at radius 2 is 1.96 bits per heavy atom. The molecule has 1 N–H and O–H groups in total. The summed E-state index contributed by atoms with van der Waals surface area (Å²) >= 11 is 0. The molecule has 0 aliphatic carbocycles. The molecule has 0 unspecified atom stereocenters. The van der Waals surface area contributed by atoms with E-state index in [1.807, 2.05) is 0 Å². The SMILES string of the molecule is CN(C)c1ccc2c(=O)c(OC(=O)O)cn(-c3ccccc3F)c2n1. The van der Waals surface area contributed by atoms with Crippen molar-refractivity contribution in [2.45, 2.75) is 0 Å². The van der Waals surface area contributed by atoms with Gasteiger partial charge in [0.05, 0.1) is 17.3 Å². The van der Waals surface area contributed by atoms with Gasteiger partial charge >= 0.3 is 6.16 Å². The van der Waals surface area contributed by atoms with Crippen LogP contribution in [-0.2, 0) is 0 Å². The summed E-state index contributed by atoms with van der Waals surface area (Å²) in [4.78, 5) is 29.4. The topological polar surface area (TPSA) is 84.7 Å². The molecule has 0 radical (unpaired) electrons. The number of halogens is 1. The summed E-state index contributed by atoms with van der Waals surface area (Å²) in [6.07, 6.45) is -0.502. The molecule has 0 bridgehead atoms. The van der Waals surface area contributed by atoms with Crippen molar-refractivity contribution in [1.29, 1.82) is 0 Å². The first kappa shape index (κ1) is 16.4. The molecule has 0 aliphatic heterocycles. The molecule has 0 amide bonds. The number of pyridine rings is 2. The van der Waals surface area contributed by atoms with Crippen LogP contribution < -0.4 is 15.1 Å². The van der Waals surface area contributed by atoms with Gasteiger partial charge in [-0.15, -0.1) is 0 Å². The van der Waals surface area contributed by atoms with E-state index < -0.39 is 23.2 Å². The molecule has 0 aliphatic rings. The zero-order chi connectivity index (χ0) is 18.1. The van der Waals surface area contributed by atoms with Crippen LogP contribution in [0, 0.1) is 5.82 Å². The van der Waals surface area contributed by atoms with Crippen molar-refractivity contribution >= 4 is 23.0 Å². The molecular formula is C17H14FN3O4. The van der Waals surface area contributed by atoms with Gasteiger partial charge in [0.1, 0.15) is 11.6 Å². The quantitative estimate of drug-likeness (QED) is 0.736. The van der Waals surface area contributed by atoms with E-state index >= 15 is 0 Å². The maximum absolute atomic E-state index is 14.3. The lowest BCUT2D eigenvalue weighted by Gasteiger charge is -2.16. The minimum atomic E-state index is -1.63. The lowest BCUT2D eigenvalue weighted by molar-refractivity contribution is 0.144. The highest BCUT2D eigenvalue weighted by atomic mass is 19.1. The van der Waals surface area contributed by atoms with Crippen molar-refractivity contribution in [2.75, 3.05) is 19.0 Å². The van der Waals surface area contributed by atoms with E-state index in [1.165, 1.54) is 28.8 Å². The molecule has 2 aromatic heterocycles. The number of hydrogen-bond donors (Lipinski definition) is 1. The Morgan fingerprint density at radius 1 is 1.24 bits per heavy atom. The average molecular weight is 343 g/mol. The summed E-state index contributed by atoms with van der Waals surface area (Å²) in [5.41, 5.74) is -0.326. The van der Waals surface area contributed by atoms with E-state index in [0.717, 1.165) is 6.20 Å². The van der Waals surface area contributed by atoms with Gasteiger partial charge in [-0.05, 0) is 24.3 Å². The molecule has 128 valence electrons. The van der Waals surface area contributed by atoms with Crippen molar-refractivity contribution < 1.29 is 19.0 Å². The maximum Gasteiger partial charge on any atom is 0.511 e. The Balaban J connectivity index is 2.40. The highest BCUT2D eigenvalue weighted by molar-refractivity contribution is 5.81. The predicted molar refractivity (Wildman–Crippen MR) is 90.3 cm³/mol. The van der Waals surface area contributed by atoms with Crippen LogP contribution in [0.5, 0.6) is 5.75 Å². The normalized spacial score (nSPS) is 10.7. The molecule has 7 nitrogen and oxygen atoms in total. The van der Waals surface area contributed by atoms with Gasteiger partial charge in [0.15, 0.2) is 11.4 Å². The van der Waals surface area contributed by atoms with Gasteiger partial charge in [0, 0.05) is 14.1 Å². The molecule has 8 heteroatoms. The zero-order valence-corrected chi connectivity index (χ0v) is 13.4. The third-order valence-electron chi connectivity index (χ3n) is 3.57. The fourth-order valence-electron chi connectivity index (χ4n) is 2.42. The van der Waals surface area contributed by atoms with Crippen LogP contribution in [0.15, 0.2) is 47.4 Å². The number of ether oxygens (including phenoxy) is 1. The first-order chi connectivity index (χ1) is 11.9. The summed E-state index contributed by atoms with van der Waals surface area (Å²) in [5.74, 6) is -0.419. The van der Waals surface area contributed by atoms with Crippen LogP contribution in [0.3, 0.4) is 0 Å². The van der Waals surface area contributed by atoms with Crippen molar-refractivity contribution in [3.63, 3.8) is 0 Å². The highest BCUT2D eigenvalue weighted by Gasteiger charge is 2.17. The molecule has 3 aromatic rings. The number of anilines is 1. The van der Waals surface area contributed by atoms with Crippen molar-refractivity contribution in [2.24, 2.45) is 0 Å². The van der Waals surface area contributed by atoms with E-state index in [2.05, 4.69) is 9.72 Å². The minimum absolute atomic E-state index is 0.117. The van der Waals surface area contributed by atoms with E-state index in [1.54, 1.807) is 31.1 Å². The molecule has 25 heavy (non-hydrogen) atoms. The fourth-order valence-corrected chi connectivity index (χ4v) is 2.42. The number of nitrogens with zero attached hydrogens (tertiary/aromatic N) is 3. The van der Waals surface area contributed by atoms with Crippen LogP contribution in [-0.4, -0.2) is 34.9 Å². The number of benzene rings is 1. The van der Waals surface area contributed by atoms with E-state index in [0.29, 0.717) is 5.82 Å². The van der Waals surface area contributed by atoms with Gasteiger partial charge in [-0.1, -0.05) is 12.1 Å². The first-order valence-corrected chi connectivity index (χ1v) is 7.28. The molecule has 1 aromatic carbocycles. The number of carbonyl (C=O) groups is 1. The number of carboxylic acid groups (broad SMARTS) is 1. The highest BCUT2D eigenvalue weighted by Crippen LogP contribution is 2.23. The van der Waals surface area contributed by atoms with Crippen molar-refractivity contribution in [1.82, 2.24) is 9.55 Å². The molecule has 3 rings (SSSR count). The van der Waals surface area contributed by atoms with Gasteiger partial charge in [-0.3, -0.25) is 9.36 Å².